The van der Waals surface area contributed by atoms with Crippen molar-refractivity contribution in [2.45, 2.75) is 58.2 Å². The van der Waals surface area contributed by atoms with Crippen LogP contribution in [-0.4, -0.2) is 8.07 Å². The van der Waals surface area contributed by atoms with Crippen LogP contribution in [0.5, 0.6) is 0 Å². The van der Waals surface area contributed by atoms with E-state index in [1.165, 1.54) is 43.1 Å². The first kappa shape index (κ1) is 21.5. The average molecular weight is 465 g/mol. The topological polar surface area (TPSA) is 26.3 Å². The molecule has 0 unspecified atom stereocenters. The summed E-state index contributed by atoms with van der Waals surface area (Å²) in [6.07, 6.45) is 1.77. The van der Waals surface area contributed by atoms with Crippen LogP contribution in [0.1, 0.15) is 41.5 Å². The Hall–Kier alpha value is -3.04. The van der Waals surface area contributed by atoms with E-state index in [0.29, 0.717) is 16.6 Å². The molecule has 3 heteroatoms. The zero-order valence-electron chi connectivity index (χ0n) is 20.9. The molecule has 0 spiro atoms. The van der Waals surface area contributed by atoms with Gasteiger partial charge in [-0.15, -0.1) is 0 Å². The summed E-state index contributed by atoms with van der Waals surface area (Å²) in [4.78, 5) is 0. The third kappa shape index (κ3) is 2.86. The lowest BCUT2D eigenvalue weighted by Crippen LogP contribution is -2.55. The highest BCUT2D eigenvalue weighted by Gasteiger charge is 2.47. The molecule has 172 valence electrons. The van der Waals surface area contributed by atoms with Crippen LogP contribution in [0.15, 0.2) is 75.8 Å². The predicted octanol–water partition coefficient (Wildman–Crippen LogP) is 9.52. The Balaban J connectivity index is 1.63. The molecule has 0 aliphatic carbocycles. The molecule has 2 nitrogen and oxygen atoms in total. The largest absolute Gasteiger partial charge is 0.466 e. The molecule has 0 radical (unpaired) electrons. The molecule has 6 rings (SSSR count). The summed E-state index contributed by atoms with van der Waals surface area (Å²) in [6, 6.07) is 22.4. The number of hydrogen-bond donors (Lipinski definition) is 0. The van der Waals surface area contributed by atoms with Gasteiger partial charge in [-0.05, 0) is 85.3 Å². The van der Waals surface area contributed by atoms with E-state index in [0.717, 1.165) is 16.6 Å². The highest BCUT2D eigenvalue weighted by atomic mass is 28.3. The van der Waals surface area contributed by atoms with Crippen molar-refractivity contribution in [3.63, 3.8) is 0 Å². The molecule has 6 aromatic rings. The van der Waals surface area contributed by atoms with Crippen LogP contribution in [0.25, 0.3) is 54.3 Å². The summed E-state index contributed by atoms with van der Waals surface area (Å²) in [5, 5.41) is 11.2. The highest BCUT2D eigenvalue weighted by molar-refractivity contribution is 6.94. The monoisotopic (exact) mass is 464 g/mol. The van der Waals surface area contributed by atoms with Crippen LogP contribution in [0.4, 0.5) is 0 Å². The highest BCUT2D eigenvalue weighted by Crippen LogP contribution is 2.42. The summed E-state index contributed by atoms with van der Waals surface area (Å²) in [5.41, 5.74) is 3.81. The summed E-state index contributed by atoms with van der Waals surface area (Å²) < 4.78 is 12.3. The number of fused-ring (bicyclic) bond motifs is 7. The van der Waals surface area contributed by atoms with Gasteiger partial charge in [-0.25, -0.2) is 0 Å². The average Bonchev–Trinajstić information content (AvgIpc) is 3.41. The van der Waals surface area contributed by atoms with Crippen molar-refractivity contribution in [1.82, 2.24) is 0 Å². The van der Waals surface area contributed by atoms with Crippen LogP contribution >= 0.6 is 0 Å². The first-order valence-electron chi connectivity index (χ1n) is 12.5. The van der Waals surface area contributed by atoms with Crippen LogP contribution in [0, 0.1) is 0 Å². The molecular weight excluding hydrogens is 432 g/mol. The zero-order valence-corrected chi connectivity index (χ0v) is 21.9. The van der Waals surface area contributed by atoms with Crippen LogP contribution in [-0.2, 0) is 0 Å². The second-order valence-corrected chi connectivity index (χ2v) is 16.7. The lowest BCUT2D eigenvalue weighted by atomic mass is 9.96. The second-order valence-electron chi connectivity index (χ2n) is 10.9. The summed E-state index contributed by atoms with van der Waals surface area (Å²) in [6.45, 7) is 14.4. The normalized spacial score (nSPS) is 13.2. The Kier molecular flexibility index (Phi) is 4.73. The van der Waals surface area contributed by atoms with Crippen molar-refractivity contribution >= 4 is 67.7 Å². The molecule has 2 heterocycles. The molecule has 0 aliphatic rings. The minimum Gasteiger partial charge on any atom is -0.466 e. The van der Waals surface area contributed by atoms with Crippen molar-refractivity contribution in [3.8, 4) is 0 Å². The lowest BCUT2D eigenvalue weighted by Gasteiger charge is -2.40. The molecule has 0 N–H and O–H groups in total. The first-order valence-corrected chi connectivity index (χ1v) is 14.7. The lowest BCUT2D eigenvalue weighted by molar-refractivity contribution is 0.616. The van der Waals surface area contributed by atoms with E-state index in [4.69, 9.17) is 8.83 Å². The number of benzene rings is 4. The van der Waals surface area contributed by atoms with Gasteiger partial charge in [0.15, 0.2) is 0 Å². The summed E-state index contributed by atoms with van der Waals surface area (Å²) in [7, 11) is -1.85. The molecule has 0 saturated carbocycles. The van der Waals surface area contributed by atoms with Crippen molar-refractivity contribution in [3.05, 3.63) is 66.9 Å². The maximum absolute atomic E-state index is 6.70. The Morgan fingerprint density at radius 3 is 1.68 bits per heavy atom. The van der Waals surface area contributed by atoms with E-state index in [2.05, 4.69) is 96.1 Å². The smallest absolute Gasteiger partial charge is 0.140 e. The van der Waals surface area contributed by atoms with Crippen LogP contribution < -0.4 is 5.38 Å². The van der Waals surface area contributed by atoms with Gasteiger partial charge in [0, 0.05) is 10.8 Å². The molecule has 0 saturated heterocycles. The van der Waals surface area contributed by atoms with Gasteiger partial charge < -0.3 is 8.83 Å². The maximum Gasteiger partial charge on any atom is 0.140 e. The molecule has 0 atom stereocenters. The maximum atomic E-state index is 6.70. The van der Waals surface area contributed by atoms with Gasteiger partial charge in [0.1, 0.15) is 19.2 Å². The van der Waals surface area contributed by atoms with Gasteiger partial charge in [0.2, 0.25) is 0 Å². The van der Waals surface area contributed by atoms with E-state index in [-0.39, 0.29) is 0 Å². The van der Waals surface area contributed by atoms with E-state index in [9.17, 15) is 0 Å². The number of rotatable bonds is 4. The molecule has 0 bridgehead atoms. The van der Waals surface area contributed by atoms with Crippen molar-refractivity contribution < 1.29 is 8.83 Å². The Morgan fingerprint density at radius 2 is 1.09 bits per heavy atom. The Bertz CT molecular complexity index is 1680. The minimum absolute atomic E-state index is 0.620. The molecule has 0 aliphatic heterocycles. The Labute approximate surface area is 201 Å². The quantitative estimate of drug-likeness (QED) is 0.192. The molecule has 34 heavy (non-hydrogen) atoms. The minimum atomic E-state index is -1.85. The van der Waals surface area contributed by atoms with Gasteiger partial charge in [0.25, 0.3) is 0 Å². The first-order chi connectivity index (χ1) is 16.3. The van der Waals surface area contributed by atoms with Gasteiger partial charge in [-0.2, -0.15) is 0 Å². The Morgan fingerprint density at radius 1 is 0.529 bits per heavy atom. The molecule has 2 aromatic heterocycles. The molecular formula is C31H32O2Si. The fourth-order valence-electron chi connectivity index (χ4n) is 6.93. The number of hydrogen-bond acceptors (Lipinski definition) is 2. The van der Waals surface area contributed by atoms with Crippen LogP contribution in [0.2, 0.25) is 16.6 Å². The SMILES string of the molecule is CC(C)[Si](c1cc2cc3c(ccc4c5cc6ccoc6cc5ccc34)cc2o1)(C(C)C)C(C)C. The van der Waals surface area contributed by atoms with E-state index < -0.39 is 8.07 Å². The van der Waals surface area contributed by atoms with Gasteiger partial charge in [0.05, 0.1) is 11.6 Å². The van der Waals surface area contributed by atoms with Gasteiger partial charge in [-0.3, -0.25) is 0 Å². The zero-order chi connectivity index (χ0) is 23.8. The van der Waals surface area contributed by atoms with Crippen molar-refractivity contribution in [1.29, 1.82) is 0 Å². The third-order valence-electron chi connectivity index (χ3n) is 8.34. The second kappa shape index (κ2) is 7.48. The van der Waals surface area contributed by atoms with Crippen LogP contribution in [0.3, 0.4) is 0 Å². The molecule has 0 fully saturated rings. The summed E-state index contributed by atoms with van der Waals surface area (Å²) in [5.74, 6) is 0. The van der Waals surface area contributed by atoms with Crippen molar-refractivity contribution in [2.75, 3.05) is 0 Å². The standard InChI is InChI=1S/C31H32O2Si/c1-18(2)34(19(3)4,20(5)6)31-17-24-14-28-22(16-30(24)33-31)8-10-25-26(28)9-7-21-15-29-23(11-12-32-29)13-27(21)25/h7-20H,1-6H3. The van der Waals surface area contributed by atoms with Gasteiger partial charge >= 0.3 is 0 Å². The molecule has 0 amide bonds. The van der Waals surface area contributed by atoms with Crippen molar-refractivity contribution in [2.24, 2.45) is 0 Å². The summed E-state index contributed by atoms with van der Waals surface area (Å²) >= 11 is 0. The number of furan rings is 2. The fourth-order valence-corrected chi connectivity index (χ4v) is 13.3. The molecule has 4 aromatic carbocycles. The third-order valence-corrected chi connectivity index (χ3v) is 15.2. The van der Waals surface area contributed by atoms with E-state index in [1.54, 1.807) is 6.26 Å². The van der Waals surface area contributed by atoms with E-state index >= 15 is 0 Å². The van der Waals surface area contributed by atoms with E-state index in [1.807, 2.05) is 6.07 Å². The fraction of sp³-hybridized carbons (Fsp3) is 0.290. The predicted molar refractivity (Wildman–Crippen MR) is 149 cm³/mol. The van der Waals surface area contributed by atoms with Gasteiger partial charge in [-0.1, -0.05) is 65.8 Å².